The standard InChI is InChI=1S/C23H22ClFO3/c1-13-12-17-16(6-5-7-18(17)25)20(14-8-10-15(24)11-9-14)19(13)21(22(26)27)28-23(2,3)4/h5-12,21H,1-4H3,(H,26,27). The van der Waals surface area contributed by atoms with Crippen molar-refractivity contribution in [2.24, 2.45) is 0 Å². The molecule has 146 valence electrons. The van der Waals surface area contributed by atoms with Crippen LogP contribution in [0.1, 0.15) is 38.0 Å². The van der Waals surface area contributed by atoms with E-state index in [-0.39, 0.29) is 5.82 Å². The second kappa shape index (κ2) is 7.53. The molecular formula is C23H22ClFO3. The van der Waals surface area contributed by atoms with Crippen LogP contribution in [0.2, 0.25) is 5.02 Å². The van der Waals surface area contributed by atoms with E-state index >= 15 is 0 Å². The molecule has 0 aliphatic rings. The minimum Gasteiger partial charge on any atom is -0.479 e. The second-order valence-corrected chi connectivity index (χ2v) is 8.21. The Kier molecular flexibility index (Phi) is 5.46. The molecule has 0 saturated carbocycles. The second-order valence-electron chi connectivity index (χ2n) is 7.77. The first-order valence-corrected chi connectivity index (χ1v) is 9.34. The van der Waals surface area contributed by atoms with Crippen LogP contribution in [0.25, 0.3) is 21.9 Å². The maximum atomic E-state index is 14.5. The summed E-state index contributed by atoms with van der Waals surface area (Å²) in [4.78, 5) is 12.2. The third kappa shape index (κ3) is 4.03. The molecule has 0 fully saturated rings. The van der Waals surface area contributed by atoms with E-state index in [1.807, 2.05) is 0 Å². The first-order valence-electron chi connectivity index (χ1n) is 8.97. The molecule has 0 heterocycles. The van der Waals surface area contributed by atoms with E-state index in [1.54, 1.807) is 70.2 Å². The zero-order valence-corrected chi connectivity index (χ0v) is 17.0. The number of aryl methyl sites for hydroxylation is 1. The first kappa shape index (κ1) is 20.3. The van der Waals surface area contributed by atoms with Crippen molar-refractivity contribution in [2.75, 3.05) is 0 Å². The van der Waals surface area contributed by atoms with Crippen LogP contribution in [-0.4, -0.2) is 16.7 Å². The molecule has 0 amide bonds. The van der Waals surface area contributed by atoms with E-state index in [1.165, 1.54) is 6.07 Å². The molecule has 0 aromatic heterocycles. The zero-order valence-electron chi connectivity index (χ0n) is 16.2. The predicted molar refractivity (Wildman–Crippen MR) is 110 cm³/mol. The lowest BCUT2D eigenvalue weighted by molar-refractivity contribution is -0.160. The van der Waals surface area contributed by atoms with E-state index < -0.39 is 17.7 Å². The van der Waals surface area contributed by atoms with Gasteiger partial charge < -0.3 is 9.84 Å². The van der Waals surface area contributed by atoms with Gasteiger partial charge in [0.25, 0.3) is 0 Å². The van der Waals surface area contributed by atoms with Crippen molar-refractivity contribution in [3.05, 3.63) is 70.5 Å². The lowest BCUT2D eigenvalue weighted by atomic mass is 9.87. The van der Waals surface area contributed by atoms with Crippen molar-refractivity contribution in [1.82, 2.24) is 0 Å². The van der Waals surface area contributed by atoms with E-state index in [0.717, 1.165) is 5.56 Å². The van der Waals surface area contributed by atoms with Gasteiger partial charge in [0.05, 0.1) is 5.60 Å². The molecule has 1 atom stereocenters. The molecule has 3 aromatic carbocycles. The van der Waals surface area contributed by atoms with Crippen molar-refractivity contribution in [3.63, 3.8) is 0 Å². The van der Waals surface area contributed by atoms with E-state index in [9.17, 15) is 14.3 Å². The molecule has 0 spiro atoms. The van der Waals surface area contributed by atoms with Crippen molar-refractivity contribution in [1.29, 1.82) is 0 Å². The van der Waals surface area contributed by atoms with Crippen LogP contribution < -0.4 is 0 Å². The maximum Gasteiger partial charge on any atom is 0.337 e. The number of halogens is 2. The van der Waals surface area contributed by atoms with Crippen LogP contribution in [-0.2, 0) is 9.53 Å². The highest BCUT2D eigenvalue weighted by Gasteiger charge is 2.31. The number of hydrogen-bond acceptors (Lipinski definition) is 2. The van der Waals surface area contributed by atoms with Crippen LogP contribution in [0.3, 0.4) is 0 Å². The Morgan fingerprint density at radius 1 is 1.11 bits per heavy atom. The van der Waals surface area contributed by atoms with Crippen LogP contribution in [0.15, 0.2) is 48.5 Å². The van der Waals surface area contributed by atoms with Crippen molar-refractivity contribution in [3.8, 4) is 11.1 Å². The fourth-order valence-electron chi connectivity index (χ4n) is 3.39. The third-order valence-electron chi connectivity index (χ3n) is 4.47. The SMILES string of the molecule is Cc1cc2c(F)cccc2c(-c2ccc(Cl)cc2)c1C(OC(C)(C)C)C(=O)O. The quantitative estimate of drug-likeness (QED) is 0.540. The number of hydrogen-bond donors (Lipinski definition) is 1. The monoisotopic (exact) mass is 400 g/mol. The highest BCUT2D eigenvalue weighted by atomic mass is 35.5. The van der Waals surface area contributed by atoms with E-state index in [2.05, 4.69) is 0 Å². The number of benzene rings is 3. The number of carbonyl (C=O) groups is 1. The van der Waals surface area contributed by atoms with Crippen LogP contribution >= 0.6 is 11.6 Å². The van der Waals surface area contributed by atoms with Gasteiger partial charge in [0.15, 0.2) is 6.10 Å². The van der Waals surface area contributed by atoms with Crippen molar-refractivity contribution < 1.29 is 19.0 Å². The Bertz CT molecular complexity index is 1040. The van der Waals surface area contributed by atoms with Gasteiger partial charge in [-0.05, 0) is 74.0 Å². The van der Waals surface area contributed by atoms with Crippen LogP contribution in [0.4, 0.5) is 4.39 Å². The van der Waals surface area contributed by atoms with Gasteiger partial charge in [0, 0.05) is 16.0 Å². The minimum atomic E-state index is -1.20. The topological polar surface area (TPSA) is 46.5 Å². The summed E-state index contributed by atoms with van der Waals surface area (Å²) in [6.07, 6.45) is -1.20. The van der Waals surface area contributed by atoms with Gasteiger partial charge in [0.1, 0.15) is 5.82 Å². The van der Waals surface area contributed by atoms with Crippen LogP contribution in [0.5, 0.6) is 0 Å². The van der Waals surface area contributed by atoms with Crippen molar-refractivity contribution >= 4 is 28.3 Å². The summed E-state index contributed by atoms with van der Waals surface area (Å²) >= 11 is 6.03. The van der Waals surface area contributed by atoms with E-state index in [0.29, 0.717) is 32.5 Å². The Morgan fingerprint density at radius 2 is 1.75 bits per heavy atom. The molecule has 3 nitrogen and oxygen atoms in total. The summed E-state index contributed by atoms with van der Waals surface area (Å²) < 4.78 is 20.4. The van der Waals surface area contributed by atoms with Gasteiger partial charge in [-0.25, -0.2) is 9.18 Å². The molecule has 1 N–H and O–H groups in total. The zero-order chi connectivity index (χ0) is 20.6. The number of rotatable bonds is 4. The number of carboxylic acid groups (broad SMARTS) is 1. The lowest BCUT2D eigenvalue weighted by Gasteiger charge is -2.28. The molecule has 0 aliphatic carbocycles. The van der Waals surface area contributed by atoms with Gasteiger partial charge in [-0.3, -0.25) is 0 Å². The normalized spacial score (nSPS) is 12.9. The average molecular weight is 401 g/mol. The maximum absolute atomic E-state index is 14.5. The number of fused-ring (bicyclic) bond motifs is 1. The molecule has 28 heavy (non-hydrogen) atoms. The lowest BCUT2D eigenvalue weighted by Crippen LogP contribution is -2.28. The third-order valence-corrected chi connectivity index (χ3v) is 4.72. The van der Waals surface area contributed by atoms with Gasteiger partial charge in [-0.1, -0.05) is 35.9 Å². The fraction of sp³-hybridized carbons (Fsp3) is 0.261. The summed E-state index contributed by atoms with van der Waals surface area (Å²) in [6.45, 7) is 7.20. The molecule has 0 aliphatic heterocycles. The van der Waals surface area contributed by atoms with Gasteiger partial charge >= 0.3 is 5.97 Å². The highest BCUT2D eigenvalue weighted by Crippen LogP contribution is 2.41. The molecule has 5 heteroatoms. The van der Waals surface area contributed by atoms with E-state index in [4.69, 9.17) is 16.3 Å². The molecule has 1 unspecified atom stereocenters. The summed E-state index contributed by atoms with van der Waals surface area (Å²) in [5.41, 5.74) is 1.89. The molecule has 3 rings (SSSR count). The highest BCUT2D eigenvalue weighted by molar-refractivity contribution is 6.30. The Labute approximate surface area is 168 Å². The fourth-order valence-corrected chi connectivity index (χ4v) is 3.52. The molecule has 3 aromatic rings. The minimum absolute atomic E-state index is 0.356. The van der Waals surface area contributed by atoms with Gasteiger partial charge in [-0.2, -0.15) is 0 Å². The summed E-state index contributed by atoms with van der Waals surface area (Å²) in [5.74, 6) is -1.45. The van der Waals surface area contributed by atoms with Crippen LogP contribution in [0, 0.1) is 12.7 Å². The molecule has 0 radical (unpaired) electrons. The molecular weight excluding hydrogens is 379 g/mol. The molecule has 0 saturated heterocycles. The predicted octanol–water partition coefficient (Wildman–Crippen LogP) is 6.55. The van der Waals surface area contributed by atoms with Gasteiger partial charge in [-0.15, -0.1) is 0 Å². The largest absolute Gasteiger partial charge is 0.479 e. The number of ether oxygens (including phenoxy) is 1. The average Bonchev–Trinajstić information content (AvgIpc) is 2.60. The summed E-state index contributed by atoms with van der Waals surface area (Å²) in [7, 11) is 0. The summed E-state index contributed by atoms with van der Waals surface area (Å²) in [5, 5.41) is 11.6. The Balaban J connectivity index is 2.41. The van der Waals surface area contributed by atoms with Crippen molar-refractivity contribution in [2.45, 2.75) is 39.4 Å². The summed E-state index contributed by atoms with van der Waals surface area (Å²) in [6, 6.07) is 13.6. The van der Waals surface area contributed by atoms with Gasteiger partial charge in [0.2, 0.25) is 0 Å². The Hall–Kier alpha value is -2.43. The number of carboxylic acids is 1. The number of aliphatic carboxylic acids is 1. The first-order chi connectivity index (χ1) is 13.1. The Morgan fingerprint density at radius 3 is 2.32 bits per heavy atom. The smallest absolute Gasteiger partial charge is 0.337 e. The molecule has 0 bridgehead atoms.